The highest BCUT2D eigenvalue weighted by molar-refractivity contribution is 5.97. The van der Waals surface area contributed by atoms with E-state index in [2.05, 4.69) is 32.6 Å². The third-order valence-corrected chi connectivity index (χ3v) is 3.68. The smallest absolute Gasteiger partial charge is 0.163 e. The number of ketones is 1. The van der Waals surface area contributed by atoms with Gasteiger partial charge in [-0.1, -0.05) is 27.7 Å². The number of anilines is 1. The summed E-state index contributed by atoms with van der Waals surface area (Å²) < 4.78 is 0. The van der Waals surface area contributed by atoms with Crippen molar-refractivity contribution in [1.29, 1.82) is 0 Å². The van der Waals surface area contributed by atoms with E-state index in [9.17, 15) is 9.90 Å². The van der Waals surface area contributed by atoms with Gasteiger partial charge in [0, 0.05) is 24.8 Å². The summed E-state index contributed by atoms with van der Waals surface area (Å²) in [5.41, 5.74) is 1.39. The molecule has 0 saturated carbocycles. The molecule has 0 aromatic heterocycles. The van der Waals surface area contributed by atoms with E-state index in [1.165, 1.54) is 6.92 Å². The normalized spacial score (nSPS) is 11.2. The zero-order valence-electron chi connectivity index (χ0n) is 14.0. The highest BCUT2D eigenvalue weighted by Gasteiger charge is 2.12. The molecule has 0 spiro atoms. The quantitative estimate of drug-likeness (QED) is 0.717. The molecule has 1 aromatic rings. The Balaban J connectivity index is 2.90. The van der Waals surface area contributed by atoms with Crippen LogP contribution in [0.4, 0.5) is 5.69 Å². The van der Waals surface area contributed by atoms with Gasteiger partial charge in [-0.3, -0.25) is 4.79 Å². The summed E-state index contributed by atoms with van der Waals surface area (Å²) in [7, 11) is 0. The van der Waals surface area contributed by atoms with Crippen molar-refractivity contribution in [2.75, 3.05) is 18.0 Å². The molecule has 1 N–H and O–H groups in total. The van der Waals surface area contributed by atoms with Crippen molar-refractivity contribution in [2.24, 2.45) is 11.8 Å². The lowest BCUT2D eigenvalue weighted by Crippen LogP contribution is -2.27. The minimum Gasteiger partial charge on any atom is -0.507 e. The van der Waals surface area contributed by atoms with Crippen LogP contribution in [0.1, 0.15) is 57.8 Å². The van der Waals surface area contributed by atoms with E-state index in [-0.39, 0.29) is 11.5 Å². The fourth-order valence-corrected chi connectivity index (χ4v) is 2.21. The maximum atomic E-state index is 11.4. The topological polar surface area (TPSA) is 40.5 Å². The first-order valence-electron chi connectivity index (χ1n) is 7.90. The SMILES string of the molecule is CC(=O)c1ccc(N(CCC(C)C)CCC(C)C)cc1O. The third-order valence-electron chi connectivity index (χ3n) is 3.68. The molecule has 0 aliphatic rings. The van der Waals surface area contributed by atoms with Crippen LogP contribution < -0.4 is 4.90 Å². The molecule has 0 saturated heterocycles. The Hall–Kier alpha value is -1.51. The van der Waals surface area contributed by atoms with Crippen LogP contribution in [-0.4, -0.2) is 24.0 Å². The van der Waals surface area contributed by atoms with Crippen molar-refractivity contribution in [3.63, 3.8) is 0 Å². The predicted molar refractivity (Wildman–Crippen MR) is 89.2 cm³/mol. The Morgan fingerprint density at radius 2 is 1.62 bits per heavy atom. The zero-order chi connectivity index (χ0) is 16.0. The molecule has 0 atom stereocenters. The first-order valence-corrected chi connectivity index (χ1v) is 7.90. The van der Waals surface area contributed by atoms with Gasteiger partial charge in [0.2, 0.25) is 0 Å². The fraction of sp³-hybridized carbons (Fsp3) is 0.611. The van der Waals surface area contributed by atoms with E-state index in [4.69, 9.17) is 0 Å². The summed E-state index contributed by atoms with van der Waals surface area (Å²) in [6.07, 6.45) is 2.24. The second-order valence-electron chi connectivity index (χ2n) is 6.61. The van der Waals surface area contributed by atoms with Crippen LogP contribution in [-0.2, 0) is 0 Å². The number of hydrogen-bond acceptors (Lipinski definition) is 3. The number of nitrogens with zero attached hydrogens (tertiary/aromatic N) is 1. The van der Waals surface area contributed by atoms with Crippen molar-refractivity contribution in [2.45, 2.75) is 47.5 Å². The van der Waals surface area contributed by atoms with Gasteiger partial charge in [0.25, 0.3) is 0 Å². The maximum absolute atomic E-state index is 11.4. The van der Waals surface area contributed by atoms with E-state index in [0.717, 1.165) is 31.6 Å². The van der Waals surface area contributed by atoms with E-state index in [0.29, 0.717) is 17.4 Å². The van der Waals surface area contributed by atoms with Gasteiger partial charge >= 0.3 is 0 Å². The molecule has 0 radical (unpaired) electrons. The number of carbonyl (C=O) groups excluding carboxylic acids is 1. The molecule has 118 valence electrons. The Kier molecular flexibility index (Phi) is 6.73. The molecule has 0 heterocycles. The van der Waals surface area contributed by atoms with Gasteiger partial charge in [-0.05, 0) is 43.7 Å². The molecule has 0 amide bonds. The molecule has 0 unspecified atom stereocenters. The largest absolute Gasteiger partial charge is 0.507 e. The van der Waals surface area contributed by atoms with Crippen LogP contribution in [0, 0.1) is 11.8 Å². The van der Waals surface area contributed by atoms with Gasteiger partial charge in [0.15, 0.2) is 5.78 Å². The molecular weight excluding hydrogens is 262 g/mol. The van der Waals surface area contributed by atoms with Crippen molar-refractivity contribution in [1.82, 2.24) is 0 Å². The van der Waals surface area contributed by atoms with Gasteiger partial charge in [-0.15, -0.1) is 0 Å². The average molecular weight is 291 g/mol. The van der Waals surface area contributed by atoms with Gasteiger partial charge in [0.1, 0.15) is 5.75 Å². The van der Waals surface area contributed by atoms with Crippen LogP contribution >= 0.6 is 0 Å². The van der Waals surface area contributed by atoms with Crippen LogP contribution in [0.2, 0.25) is 0 Å². The third kappa shape index (κ3) is 5.78. The summed E-state index contributed by atoms with van der Waals surface area (Å²) in [4.78, 5) is 13.7. The van der Waals surface area contributed by atoms with Crippen molar-refractivity contribution < 1.29 is 9.90 Å². The Morgan fingerprint density at radius 3 is 2.00 bits per heavy atom. The highest BCUT2D eigenvalue weighted by Crippen LogP contribution is 2.26. The second-order valence-corrected chi connectivity index (χ2v) is 6.61. The first-order chi connectivity index (χ1) is 9.81. The predicted octanol–water partition coefficient (Wildman–Crippen LogP) is 4.49. The van der Waals surface area contributed by atoms with Crippen LogP contribution in [0.25, 0.3) is 0 Å². The van der Waals surface area contributed by atoms with Gasteiger partial charge in [-0.25, -0.2) is 0 Å². The molecule has 1 rings (SSSR count). The molecule has 0 bridgehead atoms. The van der Waals surface area contributed by atoms with Gasteiger partial charge in [0.05, 0.1) is 5.56 Å². The monoisotopic (exact) mass is 291 g/mol. The number of rotatable bonds is 8. The number of phenolic OH excluding ortho intramolecular Hbond substituents is 1. The zero-order valence-corrected chi connectivity index (χ0v) is 14.0. The summed E-state index contributed by atoms with van der Waals surface area (Å²) >= 11 is 0. The minimum atomic E-state index is -0.102. The molecule has 0 aliphatic heterocycles. The molecule has 21 heavy (non-hydrogen) atoms. The first kappa shape index (κ1) is 17.5. The lowest BCUT2D eigenvalue weighted by atomic mass is 10.1. The molecule has 0 aliphatic carbocycles. The number of phenols is 1. The minimum absolute atomic E-state index is 0.0825. The molecule has 0 fully saturated rings. The maximum Gasteiger partial charge on any atom is 0.163 e. The highest BCUT2D eigenvalue weighted by atomic mass is 16.3. The van der Waals surface area contributed by atoms with Gasteiger partial charge < -0.3 is 10.0 Å². The van der Waals surface area contributed by atoms with Crippen LogP contribution in [0.15, 0.2) is 18.2 Å². The number of Topliss-reactive ketones (excluding diaryl/α,β-unsaturated/α-hetero) is 1. The van der Waals surface area contributed by atoms with E-state index in [1.807, 2.05) is 6.07 Å². The second kappa shape index (κ2) is 8.06. The molecule has 3 heteroatoms. The van der Waals surface area contributed by atoms with Gasteiger partial charge in [-0.2, -0.15) is 0 Å². The summed E-state index contributed by atoms with van der Waals surface area (Å²) in [6, 6.07) is 5.39. The lowest BCUT2D eigenvalue weighted by molar-refractivity contribution is 0.101. The molecule has 3 nitrogen and oxygen atoms in total. The summed E-state index contributed by atoms with van der Waals surface area (Å²) in [5, 5.41) is 10.0. The average Bonchev–Trinajstić information content (AvgIpc) is 2.37. The molecular formula is C18H29NO2. The standard InChI is InChI=1S/C18H29NO2/c1-13(2)8-10-19(11-9-14(3)4)16-6-7-17(15(5)20)18(21)12-16/h6-7,12-14,21H,8-11H2,1-5H3. The Bertz CT molecular complexity index is 454. The van der Waals surface area contributed by atoms with E-state index in [1.54, 1.807) is 12.1 Å². The summed E-state index contributed by atoms with van der Waals surface area (Å²) in [5.74, 6) is 1.28. The van der Waals surface area contributed by atoms with Crippen molar-refractivity contribution >= 4 is 11.5 Å². The Morgan fingerprint density at radius 1 is 1.10 bits per heavy atom. The van der Waals surface area contributed by atoms with Crippen molar-refractivity contribution in [3.8, 4) is 5.75 Å². The number of aromatic hydroxyl groups is 1. The summed E-state index contributed by atoms with van der Waals surface area (Å²) in [6.45, 7) is 12.3. The number of benzene rings is 1. The fourth-order valence-electron chi connectivity index (χ4n) is 2.21. The molecule has 1 aromatic carbocycles. The van der Waals surface area contributed by atoms with Crippen LogP contribution in [0.3, 0.4) is 0 Å². The number of hydrogen-bond donors (Lipinski definition) is 1. The van der Waals surface area contributed by atoms with Crippen molar-refractivity contribution in [3.05, 3.63) is 23.8 Å². The lowest BCUT2D eigenvalue weighted by Gasteiger charge is -2.27. The van der Waals surface area contributed by atoms with E-state index < -0.39 is 0 Å². The van der Waals surface area contributed by atoms with Crippen LogP contribution in [0.5, 0.6) is 5.75 Å². The van der Waals surface area contributed by atoms with E-state index >= 15 is 0 Å². The Labute approximate surface area is 129 Å². The number of carbonyl (C=O) groups is 1.